The van der Waals surface area contributed by atoms with Crippen LogP contribution in [-0.2, 0) is 11.3 Å². The van der Waals surface area contributed by atoms with Crippen molar-refractivity contribution in [1.82, 2.24) is 14.8 Å². The SMILES string of the molecule is [B]c1ccc(N2CCN(C(C)N=C/C(=C\C)c3cccc(CN(C)C(=O)CN)c3)CC2)nc1. The highest BCUT2D eigenvalue weighted by Gasteiger charge is 2.21. The Labute approximate surface area is 198 Å². The second-order valence-electron chi connectivity index (χ2n) is 8.28. The first-order valence-electron chi connectivity index (χ1n) is 11.3. The van der Waals surface area contributed by atoms with Crippen molar-refractivity contribution >= 4 is 36.8 Å². The molecule has 0 bridgehead atoms. The van der Waals surface area contributed by atoms with Crippen molar-refractivity contribution in [2.24, 2.45) is 10.7 Å². The molecule has 1 aliphatic heterocycles. The van der Waals surface area contributed by atoms with E-state index in [0.717, 1.165) is 48.7 Å². The molecule has 0 aliphatic carbocycles. The lowest BCUT2D eigenvalue weighted by Gasteiger charge is -2.37. The molecule has 33 heavy (non-hydrogen) atoms. The zero-order valence-corrected chi connectivity index (χ0v) is 19.8. The third-order valence-electron chi connectivity index (χ3n) is 5.96. The lowest BCUT2D eigenvalue weighted by atomic mass is 9.99. The second kappa shape index (κ2) is 11.8. The van der Waals surface area contributed by atoms with Crippen molar-refractivity contribution in [2.75, 3.05) is 44.7 Å². The number of benzene rings is 1. The molecule has 1 fully saturated rings. The van der Waals surface area contributed by atoms with Crippen LogP contribution in [0.25, 0.3) is 5.57 Å². The normalized spacial score (nSPS) is 16.2. The van der Waals surface area contributed by atoms with E-state index < -0.39 is 0 Å². The minimum atomic E-state index is -0.0747. The lowest BCUT2D eigenvalue weighted by molar-refractivity contribution is -0.128. The van der Waals surface area contributed by atoms with Gasteiger partial charge in [0, 0.05) is 52.2 Å². The molecular weight excluding hydrogens is 411 g/mol. The molecule has 1 saturated heterocycles. The smallest absolute Gasteiger partial charge is 0.236 e. The molecule has 3 rings (SSSR count). The molecule has 8 heteroatoms. The highest BCUT2D eigenvalue weighted by molar-refractivity contribution is 6.32. The fourth-order valence-corrected chi connectivity index (χ4v) is 3.87. The van der Waals surface area contributed by atoms with Crippen LogP contribution in [0.4, 0.5) is 5.82 Å². The molecule has 1 atom stereocenters. The van der Waals surface area contributed by atoms with Gasteiger partial charge in [-0.05, 0) is 42.7 Å². The number of rotatable bonds is 8. The molecular formula is C25H33BN6O. The minimum absolute atomic E-state index is 0.0194. The summed E-state index contributed by atoms with van der Waals surface area (Å²) in [5.41, 5.74) is 9.35. The van der Waals surface area contributed by atoms with Crippen molar-refractivity contribution in [3.63, 3.8) is 0 Å². The Balaban J connectivity index is 1.58. The van der Waals surface area contributed by atoms with E-state index in [1.54, 1.807) is 18.1 Å². The number of aromatic nitrogens is 1. The van der Waals surface area contributed by atoms with Gasteiger partial charge < -0.3 is 15.5 Å². The van der Waals surface area contributed by atoms with Crippen molar-refractivity contribution in [1.29, 1.82) is 0 Å². The Hall–Kier alpha value is -2.97. The Kier molecular flexibility index (Phi) is 8.80. The fraction of sp³-hybridized carbons (Fsp3) is 0.400. The molecule has 1 aliphatic rings. The number of pyridine rings is 1. The van der Waals surface area contributed by atoms with Gasteiger partial charge in [0.2, 0.25) is 5.91 Å². The van der Waals surface area contributed by atoms with Gasteiger partial charge in [-0.1, -0.05) is 35.8 Å². The Morgan fingerprint density at radius 3 is 2.67 bits per heavy atom. The number of hydrogen-bond acceptors (Lipinski definition) is 6. The first-order chi connectivity index (χ1) is 15.9. The standard InChI is InChI=1S/C25H33BN6O/c1-4-21(22-7-5-6-20(14-22)18-30(3)25(33)15-27)16-28-19(2)31-10-12-32(13-11-31)24-9-8-23(26)17-29-24/h4-9,14,16-17,19H,10-13,15,18,27H2,1-3H3/b21-4+,28-16?. The number of anilines is 1. The molecule has 2 aromatic rings. The molecule has 1 amide bonds. The molecule has 2 N–H and O–H groups in total. The largest absolute Gasteiger partial charge is 0.354 e. The number of nitrogens with zero attached hydrogens (tertiary/aromatic N) is 5. The highest BCUT2D eigenvalue weighted by atomic mass is 16.2. The van der Waals surface area contributed by atoms with Crippen LogP contribution in [0.2, 0.25) is 0 Å². The molecule has 172 valence electrons. The summed E-state index contributed by atoms with van der Waals surface area (Å²) in [6, 6.07) is 12.1. The van der Waals surface area contributed by atoms with Gasteiger partial charge >= 0.3 is 0 Å². The van der Waals surface area contributed by atoms with Crippen molar-refractivity contribution < 1.29 is 4.79 Å². The number of allylic oxidation sites excluding steroid dienone is 2. The van der Waals surface area contributed by atoms with E-state index in [2.05, 4.69) is 39.9 Å². The summed E-state index contributed by atoms with van der Waals surface area (Å²) in [5.74, 6) is 0.893. The first-order valence-corrected chi connectivity index (χ1v) is 11.3. The van der Waals surface area contributed by atoms with Gasteiger partial charge in [0.1, 0.15) is 13.7 Å². The van der Waals surface area contributed by atoms with Gasteiger partial charge in [-0.3, -0.25) is 14.7 Å². The molecule has 0 spiro atoms. The third-order valence-corrected chi connectivity index (χ3v) is 5.96. The first kappa shape index (κ1) is 24.7. The minimum Gasteiger partial charge on any atom is -0.354 e. The van der Waals surface area contributed by atoms with E-state index in [4.69, 9.17) is 18.6 Å². The van der Waals surface area contributed by atoms with Gasteiger partial charge in [0.05, 0.1) is 12.7 Å². The van der Waals surface area contributed by atoms with Crippen molar-refractivity contribution in [3.05, 3.63) is 59.8 Å². The zero-order chi connectivity index (χ0) is 23.8. The number of amides is 1. The van der Waals surface area contributed by atoms with Crippen molar-refractivity contribution in [3.8, 4) is 0 Å². The quantitative estimate of drug-likeness (QED) is 0.493. The summed E-state index contributed by atoms with van der Waals surface area (Å²) in [5, 5.41) is 0. The van der Waals surface area contributed by atoms with Crippen LogP contribution >= 0.6 is 0 Å². The molecule has 2 radical (unpaired) electrons. The highest BCUT2D eigenvalue weighted by Crippen LogP contribution is 2.18. The maximum Gasteiger partial charge on any atom is 0.236 e. The third kappa shape index (κ3) is 6.76. The van der Waals surface area contributed by atoms with Crippen LogP contribution in [0.15, 0.2) is 53.7 Å². The van der Waals surface area contributed by atoms with Crippen LogP contribution in [0.1, 0.15) is 25.0 Å². The Morgan fingerprint density at radius 2 is 2.03 bits per heavy atom. The van der Waals surface area contributed by atoms with Gasteiger partial charge in [-0.2, -0.15) is 0 Å². The van der Waals surface area contributed by atoms with Gasteiger partial charge in [0.25, 0.3) is 0 Å². The van der Waals surface area contributed by atoms with Crippen LogP contribution in [-0.4, -0.2) is 80.7 Å². The van der Waals surface area contributed by atoms with E-state index in [-0.39, 0.29) is 18.6 Å². The number of hydrogen-bond donors (Lipinski definition) is 1. The van der Waals surface area contributed by atoms with Crippen LogP contribution in [0.3, 0.4) is 0 Å². The van der Waals surface area contributed by atoms with Crippen LogP contribution < -0.4 is 16.1 Å². The molecule has 7 nitrogen and oxygen atoms in total. The number of nitrogens with two attached hydrogens (primary N) is 1. The summed E-state index contributed by atoms with van der Waals surface area (Å²) in [6.45, 7) is 8.35. The predicted molar refractivity (Wildman–Crippen MR) is 137 cm³/mol. The maximum atomic E-state index is 11.8. The fourth-order valence-electron chi connectivity index (χ4n) is 3.87. The number of likely N-dealkylation sites (N-methyl/N-ethyl adjacent to an activating group) is 1. The van der Waals surface area contributed by atoms with E-state index >= 15 is 0 Å². The van der Waals surface area contributed by atoms with E-state index in [0.29, 0.717) is 12.0 Å². The molecule has 1 aromatic heterocycles. The molecule has 1 unspecified atom stereocenters. The lowest BCUT2D eigenvalue weighted by Crippen LogP contribution is -2.49. The summed E-state index contributed by atoms with van der Waals surface area (Å²) in [6.07, 6.45) is 5.80. The zero-order valence-electron chi connectivity index (χ0n) is 19.8. The average Bonchev–Trinajstić information content (AvgIpc) is 2.84. The number of piperazine rings is 1. The summed E-state index contributed by atoms with van der Waals surface area (Å²) in [7, 11) is 7.51. The van der Waals surface area contributed by atoms with Gasteiger partial charge in [0.15, 0.2) is 0 Å². The maximum absolute atomic E-state index is 11.8. The summed E-state index contributed by atoms with van der Waals surface area (Å²) in [4.78, 5) is 27.4. The number of carbonyl (C=O) groups excluding carboxylic acids is 1. The predicted octanol–water partition coefficient (Wildman–Crippen LogP) is 1.43. The topological polar surface area (TPSA) is 78.1 Å². The van der Waals surface area contributed by atoms with Crippen molar-refractivity contribution in [2.45, 2.75) is 26.6 Å². The number of carbonyl (C=O) groups is 1. The summed E-state index contributed by atoms with van der Waals surface area (Å²) >= 11 is 0. The Morgan fingerprint density at radius 1 is 1.27 bits per heavy atom. The van der Waals surface area contributed by atoms with E-state index in [1.165, 1.54) is 0 Å². The van der Waals surface area contributed by atoms with Gasteiger partial charge in [-0.25, -0.2) is 4.98 Å². The molecule has 0 saturated carbocycles. The van der Waals surface area contributed by atoms with Crippen LogP contribution in [0, 0.1) is 0 Å². The second-order valence-corrected chi connectivity index (χ2v) is 8.28. The Bertz CT molecular complexity index is 983. The van der Waals surface area contributed by atoms with E-state index in [9.17, 15) is 4.79 Å². The number of aliphatic imine (C=N–C) groups is 1. The molecule has 1 aromatic carbocycles. The monoisotopic (exact) mass is 444 g/mol. The van der Waals surface area contributed by atoms with Gasteiger partial charge in [-0.15, -0.1) is 0 Å². The van der Waals surface area contributed by atoms with Crippen LogP contribution in [0.5, 0.6) is 0 Å². The average molecular weight is 444 g/mol. The summed E-state index contributed by atoms with van der Waals surface area (Å²) < 4.78 is 0. The van der Waals surface area contributed by atoms with E-state index in [1.807, 2.05) is 37.4 Å². The molecule has 2 heterocycles.